The second-order valence-electron chi connectivity index (χ2n) is 2.99. The average Bonchev–Trinajstić information content (AvgIpc) is 2.50. The van der Waals surface area contributed by atoms with Gasteiger partial charge in [0.05, 0.1) is 5.88 Å². The Morgan fingerprint density at radius 1 is 1.29 bits per heavy atom. The molecule has 1 heterocycles. The molecule has 1 aliphatic heterocycles. The van der Waals surface area contributed by atoms with Gasteiger partial charge >= 0.3 is 0 Å². The Bertz CT molecular complexity index is 372. The highest BCUT2D eigenvalue weighted by Gasteiger charge is 2.14. The molecule has 0 bridgehead atoms. The van der Waals surface area contributed by atoms with Crippen LogP contribution in [0.5, 0.6) is 0 Å². The van der Waals surface area contributed by atoms with Gasteiger partial charge in [-0.3, -0.25) is 5.01 Å². The van der Waals surface area contributed by atoms with Crippen LogP contribution in [-0.4, -0.2) is 23.0 Å². The number of rotatable bonds is 1. The van der Waals surface area contributed by atoms with Crippen molar-refractivity contribution in [2.24, 2.45) is 5.10 Å². The van der Waals surface area contributed by atoms with Crippen molar-refractivity contribution < 1.29 is 0 Å². The summed E-state index contributed by atoms with van der Waals surface area (Å²) in [7, 11) is 1.94. The first-order chi connectivity index (χ1) is 6.65. The standard InChI is InChI=1S/C9H8Cl2N2S/c1-13-5-14-9(12-13)6-2-7(10)4-8(11)3-6/h2-4H,5H2,1H3. The molecule has 2 nitrogen and oxygen atoms in total. The minimum absolute atomic E-state index is 0.644. The molecule has 0 N–H and O–H groups in total. The number of hydrazone groups is 1. The van der Waals surface area contributed by atoms with Crippen molar-refractivity contribution >= 4 is 40.0 Å². The molecule has 0 amide bonds. The Morgan fingerprint density at radius 3 is 2.43 bits per heavy atom. The van der Waals surface area contributed by atoms with Gasteiger partial charge in [-0.25, -0.2) is 0 Å². The van der Waals surface area contributed by atoms with E-state index in [0.29, 0.717) is 10.0 Å². The van der Waals surface area contributed by atoms with E-state index >= 15 is 0 Å². The molecule has 0 unspecified atom stereocenters. The zero-order valence-corrected chi connectivity index (χ0v) is 9.83. The van der Waals surface area contributed by atoms with Gasteiger partial charge in [0.1, 0.15) is 5.04 Å². The van der Waals surface area contributed by atoms with E-state index in [1.807, 2.05) is 24.2 Å². The lowest BCUT2D eigenvalue weighted by Crippen LogP contribution is -2.02. The zero-order valence-electron chi connectivity index (χ0n) is 7.50. The summed E-state index contributed by atoms with van der Waals surface area (Å²) < 4.78 is 0. The third-order valence-corrected chi connectivity index (χ3v) is 3.29. The lowest BCUT2D eigenvalue weighted by Gasteiger charge is -2.01. The van der Waals surface area contributed by atoms with E-state index in [1.54, 1.807) is 17.8 Å². The largest absolute Gasteiger partial charge is 0.289 e. The van der Waals surface area contributed by atoms with Gasteiger partial charge in [0.2, 0.25) is 0 Å². The summed E-state index contributed by atoms with van der Waals surface area (Å²) in [6, 6.07) is 5.47. The summed E-state index contributed by atoms with van der Waals surface area (Å²) in [5.41, 5.74) is 0.983. The number of benzene rings is 1. The van der Waals surface area contributed by atoms with Crippen LogP contribution in [0.1, 0.15) is 5.56 Å². The summed E-state index contributed by atoms with van der Waals surface area (Å²) >= 11 is 13.5. The average molecular weight is 247 g/mol. The molecule has 0 aromatic heterocycles. The monoisotopic (exact) mass is 246 g/mol. The van der Waals surface area contributed by atoms with Gasteiger partial charge in [-0.1, -0.05) is 35.0 Å². The first-order valence-corrected chi connectivity index (χ1v) is 5.78. The Morgan fingerprint density at radius 2 is 1.93 bits per heavy atom. The van der Waals surface area contributed by atoms with E-state index in [1.165, 1.54) is 0 Å². The van der Waals surface area contributed by atoms with Crippen molar-refractivity contribution in [1.82, 2.24) is 5.01 Å². The van der Waals surface area contributed by atoms with Gasteiger partial charge in [0.25, 0.3) is 0 Å². The van der Waals surface area contributed by atoms with E-state index in [-0.39, 0.29) is 0 Å². The van der Waals surface area contributed by atoms with Crippen LogP contribution in [0.3, 0.4) is 0 Å². The first kappa shape index (κ1) is 10.1. The van der Waals surface area contributed by atoms with Crippen molar-refractivity contribution in [2.75, 3.05) is 12.9 Å². The summed E-state index contributed by atoms with van der Waals surface area (Å²) in [6.07, 6.45) is 0. The van der Waals surface area contributed by atoms with Gasteiger partial charge < -0.3 is 0 Å². The Labute approximate surface area is 96.9 Å². The van der Waals surface area contributed by atoms with Crippen LogP contribution in [0.25, 0.3) is 0 Å². The number of halogens is 2. The molecule has 5 heteroatoms. The Hall–Kier alpha value is -0.380. The fourth-order valence-electron chi connectivity index (χ4n) is 1.19. The van der Waals surface area contributed by atoms with Crippen molar-refractivity contribution in [3.63, 3.8) is 0 Å². The third kappa shape index (κ3) is 2.16. The topological polar surface area (TPSA) is 15.6 Å². The van der Waals surface area contributed by atoms with Gasteiger partial charge in [0, 0.05) is 22.7 Å². The van der Waals surface area contributed by atoms with E-state index in [2.05, 4.69) is 5.10 Å². The van der Waals surface area contributed by atoms with E-state index in [9.17, 15) is 0 Å². The quantitative estimate of drug-likeness (QED) is 0.756. The van der Waals surface area contributed by atoms with Crippen LogP contribution in [0.15, 0.2) is 23.3 Å². The summed E-state index contributed by atoms with van der Waals surface area (Å²) in [5, 5.41) is 8.48. The molecule has 0 saturated heterocycles. The van der Waals surface area contributed by atoms with Gasteiger partial charge in [0.15, 0.2) is 0 Å². The highest BCUT2D eigenvalue weighted by atomic mass is 35.5. The van der Waals surface area contributed by atoms with Gasteiger partial charge in [-0.15, -0.1) is 0 Å². The fraction of sp³-hybridized carbons (Fsp3) is 0.222. The SMILES string of the molecule is CN1CSC(c2cc(Cl)cc(Cl)c2)=N1. The first-order valence-electron chi connectivity index (χ1n) is 4.04. The molecule has 0 radical (unpaired) electrons. The second-order valence-corrected chi connectivity index (χ2v) is 4.80. The molecule has 1 aromatic rings. The molecule has 1 aromatic carbocycles. The maximum atomic E-state index is 5.90. The minimum Gasteiger partial charge on any atom is -0.289 e. The fourth-order valence-corrected chi connectivity index (χ4v) is 2.56. The number of nitrogens with zero attached hydrogens (tertiary/aromatic N) is 2. The molecular weight excluding hydrogens is 239 g/mol. The van der Waals surface area contributed by atoms with Crippen molar-refractivity contribution in [3.05, 3.63) is 33.8 Å². The van der Waals surface area contributed by atoms with Crippen molar-refractivity contribution in [1.29, 1.82) is 0 Å². The molecule has 0 spiro atoms. The normalized spacial score (nSPS) is 15.9. The molecule has 74 valence electrons. The maximum absolute atomic E-state index is 5.90. The summed E-state index contributed by atoms with van der Waals surface area (Å²) in [5.74, 6) is 0.874. The lowest BCUT2D eigenvalue weighted by molar-refractivity contribution is 0.430. The lowest BCUT2D eigenvalue weighted by atomic mass is 10.2. The number of hydrogen-bond acceptors (Lipinski definition) is 3. The van der Waals surface area contributed by atoms with Crippen LogP contribution in [0.2, 0.25) is 10.0 Å². The van der Waals surface area contributed by atoms with Gasteiger partial charge in [-0.2, -0.15) is 5.10 Å². The molecule has 0 saturated carbocycles. The predicted molar refractivity (Wildman–Crippen MR) is 63.2 cm³/mol. The molecule has 2 rings (SSSR count). The van der Waals surface area contributed by atoms with E-state index in [4.69, 9.17) is 23.2 Å². The Kier molecular flexibility index (Phi) is 2.91. The van der Waals surface area contributed by atoms with Crippen molar-refractivity contribution in [3.8, 4) is 0 Å². The highest BCUT2D eigenvalue weighted by molar-refractivity contribution is 8.14. The summed E-state index contributed by atoms with van der Waals surface area (Å²) in [6.45, 7) is 0. The summed E-state index contributed by atoms with van der Waals surface area (Å²) in [4.78, 5) is 0. The minimum atomic E-state index is 0.644. The number of thioether (sulfide) groups is 1. The second kappa shape index (κ2) is 4.01. The van der Waals surface area contributed by atoms with Crippen LogP contribution in [0, 0.1) is 0 Å². The highest BCUT2D eigenvalue weighted by Crippen LogP contribution is 2.26. The van der Waals surface area contributed by atoms with Crippen LogP contribution in [-0.2, 0) is 0 Å². The predicted octanol–water partition coefficient (Wildman–Crippen LogP) is 3.29. The zero-order chi connectivity index (χ0) is 10.1. The molecular formula is C9H8Cl2N2S. The molecule has 0 fully saturated rings. The molecule has 0 atom stereocenters. The molecule has 0 aliphatic carbocycles. The van der Waals surface area contributed by atoms with Crippen LogP contribution < -0.4 is 0 Å². The van der Waals surface area contributed by atoms with Crippen molar-refractivity contribution in [2.45, 2.75) is 0 Å². The maximum Gasteiger partial charge on any atom is 0.125 e. The smallest absolute Gasteiger partial charge is 0.125 e. The van der Waals surface area contributed by atoms with E-state index < -0.39 is 0 Å². The van der Waals surface area contributed by atoms with Crippen LogP contribution in [0.4, 0.5) is 0 Å². The third-order valence-electron chi connectivity index (χ3n) is 1.76. The number of hydrogen-bond donors (Lipinski definition) is 0. The van der Waals surface area contributed by atoms with Crippen LogP contribution >= 0.6 is 35.0 Å². The van der Waals surface area contributed by atoms with E-state index in [0.717, 1.165) is 16.5 Å². The molecule has 1 aliphatic rings. The Balaban J connectivity index is 2.37. The molecule has 14 heavy (non-hydrogen) atoms. The van der Waals surface area contributed by atoms with Gasteiger partial charge in [-0.05, 0) is 18.2 Å².